The molecule has 0 N–H and O–H groups in total. The molecule has 0 bridgehead atoms. The van der Waals surface area contributed by atoms with Crippen LogP contribution in [0.1, 0.15) is 38.4 Å². The number of carbonyl (C=O) groups excluding carboxylic acids is 2. The van der Waals surface area contributed by atoms with Crippen LogP contribution in [-0.2, 0) is 11.3 Å². The topological polar surface area (TPSA) is 93.0 Å². The van der Waals surface area contributed by atoms with Gasteiger partial charge in [0.15, 0.2) is 0 Å². The highest BCUT2D eigenvalue weighted by molar-refractivity contribution is 7.09. The zero-order chi connectivity index (χ0) is 19.7. The van der Waals surface area contributed by atoms with Gasteiger partial charge < -0.3 is 4.74 Å². The first-order valence-corrected chi connectivity index (χ1v) is 9.92. The van der Waals surface area contributed by atoms with Crippen molar-refractivity contribution in [2.75, 3.05) is 19.8 Å². The van der Waals surface area contributed by atoms with Gasteiger partial charge in [0.2, 0.25) is 0 Å². The second kappa shape index (κ2) is 7.78. The van der Waals surface area contributed by atoms with Crippen molar-refractivity contribution in [2.45, 2.75) is 25.5 Å². The van der Waals surface area contributed by atoms with Crippen LogP contribution in [0, 0.1) is 10.1 Å². The minimum atomic E-state index is -0.622. The Hall–Kier alpha value is -2.62. The van der Waals surface area contributed by atoms with E-state index in [9.17, 15) is 19.7 Å². The molecule has 2 aliphatic heterocycles. The lowest BCUT2D eigenvalue weighted by Crippen LogP contribution is -2.43. The molecule has 9 heteroatoms. The minimum Gasteiger partial charge on any atom is -0.377 e. The van der Waals surface area contributed by atoms with E-state index in [1.165, 1.54) is 18.2 Å². The normalized spacial score (nSPS) is 18.9. The number of nitrogens with zero attached hydrogens (tertiary/aromatic N) is 3. The molecule has 2 amide bonds. The highest BCUT2D eigenvalue weighted by Gasteiger charge is 2.41. The van der Waals surface area contributed by atoms with Crippen LogP contribution >= 0.6 is 11.3 Å². The lowest BCUT2D eigenvalue weighted by Gasteiger charge is -2.28. The molecule has 1 aromatic carbocycles. The Bertz CT molecular complexity index is 908. The molecular weight excluding hydrogens is 382 g/mol. The molecule has 1 atom stereocenters. The van der Waals surface area contributed by atoms with Crippen molar-refractivity contribution < 1.29 is 19.2 Å². The van der Waals surface area contributed by atoms with Gasteiger partial charge in [-0.25, -0.2) is 0 Å². The van der Waals surface area contributed by atoms with E-state index in [0.717, 1.165) is 29.2 Å². The maximum Gasteiger partial charge on any atom is 0.282 e. The third-order valence-electron chi connectivity index (χ3n) is 4.96. The van der Waals surface area contributed by atoms with E-state index in [1.807, 2.05) is 22.4 Å². The maximum absolute atomic E-state index is 12.9. The quantitative estimate of drug-likeness (QED) is 0.402. The lowest BCUT2D eigenvalue weighted by molar-refractivity contribution is -0.385. The van der Waals surface area contributed by atoms with Gasteiger partial charge in [-0.15, -0.1) is 11.3 Å². The maximum atomic E-state index is 12.9. The SMILES string of the molecule is O=C1c2cccc([N+](=O)[O-])c2C(=O)N1CN(Cc1cccs1)C[C@@H]1CCCO1. The van der Waals surface area contributed by atoms with Crippen molar-refractivity contribution in [1.29, 1.82) is 0 Å². The molecule has 1 saturated heterocycles. The first kappa shape index (κ1) is 18.7. The molecule has 2 aliphatic rings. The smallest absolute Gasteiger partial charge is 0.282 e. The number of nitro benzene ring substituents is 1. The van der Waals surface area contributed by atoms with E-state index in [0.29, 0.717) is 13.1 Å². The number of fused-ring (bicyclic) bond motifs is 1. The fourth-order valence-electron chi connectivity index (χ4n) is 3.67. The average Bonchev–Trinajstić information content (AvgIpc) is 3.41. The summed E-state index contributed by atoms with van der Waals surface area (Å²) < 4.78 is 5.72. The number of ether oxygens (including phenoxy) is 1. The zero-order valence-electron chi connectivity index (χ0n) is 15.1. The number of amides is 2. The highest BCUT2D eigenvalue weighted by Crippen LogP contribution is 2.31. The fourth-order valence-corrected chi connectivity index (χ4v) is 4.41. The van der Waals surface area contributed by atoms with Crippen molar-refractivity contribution in [2.24, 2.45) is 0 Å². The summed E-state index contributed by atoms with van der Waals surface area (Å²) in [6.45, 7) is 1.96. The van der Waals surface area contributed by atoms with Crippen LogP contribution in [0.2, 0.25) is 0 Å². The van der Waals surface area contributed by atoms with Crippen LogP contribution in [0.3, 0.4) is 0 Å². The predicted molar refractivity (Wildman–Crippen MR) is 102 cm³/mol. The first-order valence-electron chi connectivity index (χ1n) is 9.04. The van der Waals surface area contributed by atoms with Crippen molar-refractivity contribution >= 4 is 28.8 Å². The summed E-state index contributed by atoms with van der Waals surface area (Å²) in [4.78, 5) is 40.5. The van der Waals surface area contributed by atoms with Crippen LogP contribution in [-0.4, -0.2) is 52.5 Å². The number of thiophene rings is 1. The molecule has 0 spiro atoms. The third-order valence-corrected chi connectivity index (χ3v) is 5.82. The number of rotatable bonds is 7. The number of hydrogen-bond donors (Lipinski definition) is 0. The van der Waals surface area contributed by atoms with Gasteiger partial charge in [-0.05, 0) is 30.4 Å². The van der Waals surface area contributed by atoms with E-state index in [-0.39, 0.29) is 29.6 Å². The Kier molecular flexibility index (Phi) is 5.21. The van der Waals surface area contributed by atoms with E-state index in [1.54, 1.807) is 11.3 Å². The minimum absolute atomic E-state index is 0.0597. The van der Waals surface area contributed by atoms with E-state index < -0.39 is 16.7 Å². The summed E-state index contributed by atoms with van der Waals surface area (Å²) in [6.07, 6.45) is 2.00. The number of hydrogen-bond acceptors (Lipinski definition) is 7. The Morgan fingerprint density at radius 1 is 1.25 bits per heavy atom. The molecule has 146 valence electrons. The second-order valence-corrected chi connectivity index (χ2v) is 7.89. The van der Waals surface area contributed by atoms with Crippen LogP contribution in [0.15, 0.2) is 35.7 Å². The van der Waals surface area contributed by atoms with Gasteiger partial charge >= 0.3 is 0 Å². The van der Waals surface area contributed by atoms with Gasteiger partial charge in [-0.2, -0.15) is 0 Å². The van der Waals surface area contributed by atoms with Crippen LogP contribution < -0.4 is 0 Å². The average molecular weight is 401 g/mol. The van der Waals surface area contributed by atoms with Gasteiger partial charge in [0, 0.05) is 30.6 Å². The van der Waals surface area contributed by atoms with Crippen LogP contribution in [0.5, 0.6) is 0 Å². The first-order chi connectivity index (χ1) is 13.5. The summed E-state index contributed by atoms with van der Waals surface area (Å²) >= 11 is 1.60. The Morgan fingerprint density at radius 2 is 2.11 bits per heavy atom. The Morgan fingerprint density at radius 3 is 2.79 bits per heavy atom. The van der Waals surface area contributed by atoms with Gasteiger partial charge in [0.1, 0.15) is 5.56 Å². The molecule has 0 saturated carbocycles. The summed E-state index contributed by atoms with van der Waals surface area (Å²) in [6, 6.07) is 8.10. The fraction of sp³-hybridized carbons (Fsp3) is 0.368. The summed E-state index contributed by atoms with van der Waals surface area (Å²) in [5, 5.41) is 13.3. The standard InChI is InChI=1S/C19H19N3O5S/c23-18-15-6-1-7-16(22(25)26)17(15)19(24)21(18)12-20(10-13-4-2-8-27-13)11-14-5-3-9-28-14/h1,3,5-7,9,13H,2,4,8,10-12H2/t13-/m0/s1. The molecule has 3 heterocycles. The molecule has 8 nitrogen and oxygen atoms in total. The second-order valence-electron chi connectivity index (χ2n) is 6.86. The molecule has 1 aromatic heterocycles. The largest absolute Gasteiger partial charge is 0.377 e. The lowest BCUT2D eigenvalue weighted by atomic mass is 10.1. The van der Waals surface area contributed by atoms with Crippen molar-refractivity contribution in [3.63, 3.8) is 0 Å². The molecule has 0 aliphatic carbocycles. The molecular formula is C19H19N3O5S. The summed E-state index contributed by atoms with van der Waals surface area (Å²) in [5.41, 5.74) is -0.361. The number of carbonyl (C=O) groups is 2. The number of imide groups is 1. The van der Waals surface area contributed by atoms with E-state index >= 15 is 0 Å². The van der Waals surface area contributed by atoms with E-state index in [2.05, 4.69) is 0 Å². The van der Waals surface area contributed by atoms with E-state index in [4.69, 9.17) is 4.74 Å². The van der Waals surface area contributed by atoms with Crippen LogP contribution in [0.25, 0.3) is 0 Å². The van der Waals surface area contributed by atoms with Crippen LogP contribution in [0.4, 0.5) is 5.69 Å². The van der Waals surface area contributed by atoms with Crippen molar-refractivity contribution in [3.05, 3.63) is 61.8 Å². The molecule has 28 heavy (non-hydrogen) atoms. The Balaban J connectivity index is 1.57. The van der Waals surface area contributed by atoms with Gasteiger partial charge in [-0.3, -0.25) is 29.5 Å². The molecule has 4 rings (SSSR count). The summed E-state index contributed by atoms with van der Waals surface area (Å²) in [7, 11) is 0. The molecule has 1 fully saturated rings. The monoisotopic (exact) mass is 401 g/mol. The molecule has 0 unspecified atom stereocenters. The molecule has 2 aromatic rings. The Labute approximate surface area is 165 Å². The van der Waals surface area contributed by atoms with Crippen molar-refractivity contribution in [3.8, 4) is 0 Å². The summed E-state index contributed by atoms with van der Waals surface area (Å²) in [5.74, 6) is -1.11. The predicted octanol–water partition coefficient (Wildman–Crippen LogP) is 2.89. The van der Waals surface area contributed by atoms with Gasteiger partial charge in [-0.1, -0.05) is 12.1 Å². The third kappa shape index (κ3) is 3.56. The van der Waals surface area contributed by atoms with Crippen molar-refractivity contribution in [1.82, 2.24) is 9.80 Å². The highest BCUT2D eigenvalue weighted by atomic mass is 32.1. The van der Waals surface area contributed by atoms with Gasteiger partial charge in [0.25, 0.3) is 17.5 Å². The molecule has 0 radical (unpaired) electrons. The number of nitro groups is 1. The van der Waals surface area contributed by atoms with Gasteiger partial charge in [0.05, 0.1) is 23.3 Å². The number of benzene rings is 1. The zero-order valence-corrected chi connectivity index (χ0v) is 15.9.